The number of nitrogen functional groups attached to an aromatic ring is 1. The number of hydrogen-bond acceptors (Lipinski definition) is 4. The minimum absolute atomic E-state index is 0.215. The Morgan fingerprint density at radius 3 is 2.93 bits per heavy atom. The van der Waals surface area contributed by atoms with Crippen LogP contribution in [0.5, 0.6) is 0 Å². The van der Waals surface area contributed by atoms with E-state index in [0.717, 1.165) is 15.7 Å². The van der Waals surface area contributed by atoms with Gasteiger partial charge in [-0.25, -0.2) is 0 Å². The van der Waals surface area contributed by atoms with Gasteiger partial charge in [0.2, 0.25) is 0 Å². The van der Waals surface area contributed by atoms with Gasteiger partial charge in [0.25, 0.3) is 0 Å². The van der Waals surface area contributed by atoms with Crippen LogP contribution in [0, 0.1) is 0 Å². The lowest BCUT2D eigenvalue weighted by Crippen LogP contribution is -2.13. The number of ether oxygens (including phenoxy) is 1. The topological polar surface area (TPSA) is 64.3 Å². The maximum Gasteiger partial charge on any atom is 0.310 e. The van der Waals surface area contributed by atoms with Gasteiger partial charge in [0, 0.05) is 4.47 Å². The SMILES string of the molecule is CCOC(=O)Cc1cc(Br)ccc1NN. The first-order valence-electron chi connectivity index (χ1n) is 4.58. The Morgan fingerprint density at radius 2 is 2.33 bits per heavy atom. The molecule has 0 aliphatic rings. The summed E-state index contributed by atoms with van der Waals surface area (Å²) in [4.78, 5) is 11.3. The van der Waals surface area contributed by atoms with Gasteiger partial charge in [0.05, 0.1) is 18.7 Å². The Balaban J connectivity index is 2.82. The van der Waals surface area contributed by atoms with Gasteiger partial charge in [-0.2, -0.15) is 0 Å². The van der Waals surface area contributed by atoms with Crippen LogP contribution in [-0.2, 0) is 16.0 Å². The molecule has 0 spiro atoms. The van der Waals surface area contributed by atoms with Crippen LogP contribution in [0.1, 0.15) is 12.5 Å². The van der Waals surface area contributed by atoms with E-state index in [2.05, 4.69) is 21.4 Å². The lowest BCUT2D eigenvalue weighted by molar-refractivity contribution is -0.142. The van der Waals surface area contributed by atoms with Crippen LogP contribution in [0.15, 0.2) is 22.7 Å². The lowest BCUT2D eigenvalue weighted by Gasteiger charge is -2.08. The predicted molar refractivity (Wildman–Crippen MR) is 62.3 cm³/mol. The molecule has 0 aromatic heterocycles. The second-order valence-corrected chi connectivity index (χ2v) is 3.84. The number of nitrogens with one attached hydrogen (secondary N) is 1. The summed E-state index contributed by atoms with van der Waals surface area (Å²) in [6, 6.07) is 5.49. The average molecular weight is 273 g/mol. The van der Waals surface area contributed by atoms with E-state index in [0.29, 0.717) is 6.61 Å². The zero-order valence-electron chi connectivity index (χ0n) is 8.42. The molecule has 4 nitrogen and oxygen atoms in total. The van der Waals surface area contributed by atoms with Crippen molar-refractivity contribution in [3.8, 4) is 0 Å². The number of nitrogens with two attached hydrogens (primary N) is 1. The van der Waals surface area contributed by atoms with E-state index in [1.165, 1.54) is 0 Å². The Morgan fingerprint density at radius 1 is 1.60 bits per heavy atom. The molecular weight excluding hydrogens is 260 g/mol. The predicted octanol–water partition coefficient (Wildman–Crippen LogP) is 1.84. The van der Waals surface area contributed by atoms with Gasteiger partial charge in [0.15, 0.2) is 0 Å². The van der Waals surface area contributed by atoms with Crippen molar-refractivity contribution >= 4 is 27.6 Å². The molecule has 1 rings (SSSR count). The maximum atomic E-state index is 11.3. The van der Waals surface area contributed by atoms with E-state index in [1.54, 1.807) is 13.0 Å². The van der Waals surface area contributed by atoms with Crippen LogP contribution in [0.2, 0.25) is 0 Å². The van der Waals surface area contributed by atoms with Gasteiger partial charge in [-0.05, 0) is 30.7 Å². The summed E-state index contributed by atoms with van der Waals surface area (Å²) >= 11 is 3.33. The van der Waals surface area contributed by atoms with E-state index in [-0.39, 0.29) is 12.4 Å². The molecule has 0 atom stereocenters. The van der Waals surface area contributed by atoms with E-state index in [9.17, 15) is 4.79 Å². The summed E-state index contributed by atoms with van der Waals surface area (Å²) in [7, 11) is 0. The van der Waals surface area contributed by atoms with Gasteiger partial charge < -0.3 is 10.2 Å². The monoisotopic (exact) mass is 272 g/mol. The Hall–Kier alpha value is -1.07. The second kappa shape index (κ2) is 5.72. The standard InChI is InChI=1S/C10H13BrN2O2/c1-2-15-10(14)6-7-5-8(11)3-4-9(7)13-12/h3-5,13H,2,6,12H2,1H3. The summed E-state index contributed by atoms with van der Waals surface area (Å²) in [5, 5.41) is 0. The van der Waals surface area contributed by atoms with Crippen molar-refractivity contribution in [2.45, 2.75) is 13.3 Å². The van der Waals surface area contributed by atoms with Crippen LogP contribution in [-0.4, -0.2) is 12.6 Å². The number of carbonyl (C=O) groups is 1. The second-order valence-electron chi connectivity index (χ2n) is 2.93. The molecule has 0 aliphatic carbocycles. The molecular formula is C10H13BrN2O2. The molecule has 0 aliphatic heterocycles. The number of hydrazine groups is 1. The normalized spacial score (nSPS) is 9.80. The number of benzene rings is 1. The molecule has 0 saturated carbocycles. The quantitative estimate of drug-likeness (QED) is 0.499. The van der Waals surface area contributed by atoms with E-state index < -0.39 is 0 Å². The number of anilines is 1. The van der Waals surface area contributed by atoms with Crippen molar-refractivity contribution < 1.29 is 9.53 Å². The van der Waals surface area contributed by atoms with Crippen molar-refractivity contribution in [1.29, 1.82) is 0 Å². The van der Waals surface area contributed by atoms with Crippen LogP contribution >= 0.6 is 15.9 Å². The Kier molecular flexibility index (Phi) is 4.58. The van der Waals surface area contributed by atoms with Crippen molar-refractivity contribution in [2.24, 2.45) is 5.84 Å². The van der Waals surface area contributed by atoms with E-state index in [4.69, 9.17) is 10.6 Å². The minimum Gasteiger partial charge on any atom is -0.466 e. The summed E-state index contributed by atoms with van der Waals surface area (Å²) in [5.41, 5.74) is 4.08. The maximum absolute atomic E-state index is 11.3. The summed E-state index contributed by atoms with van der Waals surface area (Å²) in [5.74, 6) is 5.08. The summed E-state index contributed by atoms with van der Waals surface area (Å²) in [6.45, 7) is 2.17. The number of rotatable bonds is 4. The average Bonchev–Trinajstić information content (AvgIpc) is 2.18. The van der Waals surface area contributed by atoms with Crippen LogP contribution in [0.3, 0.4) is 0 Å². The first-order valence-corrected chi connectivity index (χ1v) is 5.37. The van der Waals surface area contributed by atoms with Crippen LogP contribution in [0.4, 0.5) is 5.69 Å². The Labute approximate surface area is 96.9 Å². The molecule has 82 valence electrons. The van der Waals surface area contributed by atoms with Crippen molar-refractivity contribution in [3.05, 3.63) is 28.2 Å². The highest BCUT2D eigenvalue weighted by atomic mass is 79.9. The molecule has 0 saturated heterocycles. The molecule has 0 heterocycles. The number of carbonyl (C=O) groups excluding carboxylic acids is 1. The van der Waals surface area contributed by atoms with Crippen LogP contribution in [0.25, 0.3) is 0 Å². The van der Waals surface area contributed by atoms with Crippen molar-refractivity contribution in [1.82, 2.24) is 0 Å². The fraction of sp³-hybridized carbons (Fsp3) is 0.300. The van der Waals surface area contributed by atoms with Crippen molar-refractivity contribution in [2.75, 3.05) is 12.0 Å². The number of hydrogen-bond donors (Lipinski definition) is 2. The zero-order valence-corrected chi connectivity index (χ0v) is 10.0. The summed E-state index contributed by atoms with van der Waals surface area (Å²) in [6.07, 6.45) is 0.215. The van der Waals surface area contributed by atoms with Gasteiger partial charge in [-0.3, -0.25) is 10.6 Å². The molecule has 15 heavy (non-hydrogen) atoms. The van der Waals surface area contributed by atoms with Gasteiger partial charge in [-0.15, -0.1) is 0 Å². The van der Waals surface area contributed by atoms with E-state index >= 15 is 0 Å². The van der Waals surface area contributed by atoms with Crippen LogP contribution < -0.4 is 11.3 Å². The highest BCUT2D eigenvalue weighted by Crippen LogP contribution is 2.21. The van der Waals surface area contributed by atoms with Crippen molar-refractivity contribution in [3.63, 3.8) is 0 Å². The number of halogens is 1. The molecule has 1 aromatic rings. The first kappa shape index (κ1) is 12.0. The smallest absolute Gasteiger partial charge is 0.310 e. The van der Waals surface area contributed by atoms with E-state index in [1.807, 2.05) is 12.1 Å². The third-order valence-corrected chi connectivity index (χ3v) is 2.36. The molecule has 5 heteroatoms. The molecule has 0 radical (unpaired) electrons. The number of esters is 1. The minimum atomic E-state index is -0.257. The first-order chi connectivity index (χ1) is 7.17. The lowest BCUT2D eigenvalue weighted by atomic mass is 10.1. The molecule has 0 fully saturated rings. The fourth-order valence-corrected chi connectivity index (χ4v) is 1.63. The summed E-state index contributed by atoms with van der Waals surface area (Å²) < 4.78 is 5.77. The molecule has 0 bridgehead atoms. The zero-order chi connectivity index (χ0) is 11.3. The highest BCUT2D eigenvalue weighted by Gasteiger charge is 2.08. The molecule has 0 amide bonds. The van der Waals surface area contributed by atoms with Gasteiger partial charge in [-0.1, -0.05) is 15.9 Å². The third kappa shape index (κ3) is 3.53. The molecule has 1 aromatic carbocycles. The molecule has 0 unspecified atom stereocenters. The highest BCUT2D eigenvalue weighted by molar-refractivity contribution is 9.10. The largest absolute Gasteiger partial charge is 0.466 e. The molecule has 3 N–H and O–H groups in total. The Bertz CT molecular complexity index is 355. The van der Waals surface area contributed by atoms with Gasteiger partial charge in [0.1, 0.15) is 0 Å². The van der Waals surface area contributed by atoms with Gasteiger partial charge >= 0.3 is 5.97 Å². The fourth-order valence-electron chi connectivity index (χ4n) is 1.22. The third-order valence-electron chi connectivity index (χ3n) is 1.86.